The third kappa shape index (κ3) is 6.01. The molecule has 6 nitrogen and oxygen atoms in total. The summed E-state index contributed by atoms with van der Waals surface area (Å²) in [5.41, 5.74) is 1.58. The second-order valence-corrected chi connectivity index (χ2v) is 8.05. The summed E-state index contributed by atoms with van der Waals surface area (Å²) in [7, 11) is 0. The number of carbonyl (C=O) groups excluding carboxylic acids is 2. The maximum atomic E-state index is 12.6. The van der Waals surface area contributed by atoms with Crippen LogP contribution in [0, 0.1) is 0 Å². The molecule has 0 bridgehead atoms. The fourth-order valence-corrected chi connectivity index (χ4v) is 3.11. The van der Waals surface area contributed by atoms with Crippen LogP contribution in [0.1, 0.15) is 52.7 Å². The molecule has 0 spiro atoms. The maximum Gasteiger partial charge on any atom is 0.247 e. The van der Waals surface area contributed by atoms with Gasteiger partial charge >= 0.3 is 0 Å². The third-order valence-corrected chi connectivity index (χ3v) is 4.28. The Bertz CT molecular complexity index is 750. The van der Waals surface area contributed by atoms with Crippen molar-refractivity contribution in [1.82, 2.24) is 10.2 Å². The Kier molecular flexibility index (Phi) is 7.11. The molecular formula is C22H32N2O4. The van der Waals surface area contributed by atoms with E-state index in [4.69, 9.17) is 9.47 Å². The summed E-state index contributed by atoms with van der Waals surface area (Å²) in [6, 6.07) is 3.90. The summed E-state index contributed by atoms with van der Waals surface area (Å²) in [6.07, 6.45) is 4.20. The fourth-order valence-electron chi connectivity index (χ4n) is 3.11. The van der Waals surface area contributed by atoms with Gasteiger partial charge in [0.25, 0.3) is 0 Å². The zero-order chi connectivity index (χ0) is 20.9. The second-order valence-electron chi connectivity index (χ2n) is 8.05. The molecule has 2 amide bonds. The Balaban J connectivity index is 2.13. The van der Waals surface area contributed by atoms with Crippen molar-refractivity contribution >= 4 is 17.9 Å². The van der Waals surface area contributed by atoms with Crippen molar-refractivity contribution in [3.8, 4) is 11.5 Å². The molecule has 1 atom stereocenters. The van der Waals surface area contributed by atoms with Crippen LogP contribution in [0.4, 0.5) is 0 Å². The first-order valence-electron chi connectivity index (χ1n) is 9.87. The first kappa shape index (κ1) is 21.8. The molecule has 1 aromatic rings. The minimum atomic E-state index is -0.330. The third-order valence-electron chi connectivity index (χ3n) is 4.28. The van der Waals surface area contributed by atoms with E-state index in [0.717, 1.165) is 29.0 Å². The molecule has 28 heavy (non-hydrogen) atoms. The molecule has 1 unspecified atom stereocenters. The van der Waals surface area contributed by atoms with Crippen LogP contribution in [-0.4, -0.2) is 48.1 Å². The van der Waals surface area contributed by atoms with Gasteiger partial charge in [-0.3, -0.25) is 9.59 Å². The Hall–Kier alpha value is -2.50. The molecule has 0 saturated carbocycles. The van der Waals surface area contributed by atoms with E-state index in [1.807, 2.05) is 53.7 Å². The zero-order valence-corrected chi connectivity index (χ0v) is 17.8. The molecule has 6 heteroatoms. The molecule has 0 fully saturated rings. The molecule has 1 heterocycles. The van der Waals surface area contributed by atoms with Gasteiger partial charge in [-0.1, -0.05) is 0 Å². The maximum absolute atomic E-state index is 12.6. The van der Waals surface area contributed by atoms with E-state index in [1.54, 1.807) is 6.08 Å². The van der Waals surface area contributed by atoms with Crippen LogP contribution in [0.2, 0.25) is 0 Å². The first-order valence-corrected chi connectivity index (χ1v) is 9.87. The number of carbonyl (C=O) groups is 2. The Labute approximate surface area is 167 Å². The van der Waals surface area contributed by atoms with E-state index in [-0.39, 0.29) is 30.0 Å². The lowest BCUT2D eigenvalue weighted by Crippen LogP contribution is -2.47. The monoisotopic (exact) mass is 388 g/mol. The number of fused-ring (bicyclic) bond motifs is 1. The predicted molar refractivity (Wildman–Crippen MR) is 111 cm³/mol. The standard InChI is InChI=1S/C22H32N2O4/c1-7-24(14-20(25)23-22(4,5)6)21(26)10-9-16-12-19-17(11-15(3)28-19)13-18(16)27-8-2/h9-10,12-13,15H,7-8,11,14H2,1-6H3,(H,23,25)/b10-9+. The summed E-state index contributed by atoms with van der Waals surface area (Å²) < 4.78 is 11.6. The molecule has 0 radical (unpaired) electrons. The fraction of sp³-hybridized carbons (Fsp3) is 0.545. The lowest BCUT2D eigenvalue weighted by atomic mass is 10.1. The van der Waals surface area contributed by atoms with Crippen LogP contribution >= 0.6 is 0 Å². The predicted octanol–water partition coefficient (Wildman–Crippen LogP) is 3.19. The average molecular weight is 389 g/mol. The summed E-state index contributed by atoms with van der Waals surface area (Å²) in [5, 5.41) is 2.88. The van der Waals surface area contributed by atoms with Crippen LogP contribution in [0.15, 0.2) is 18.2 Å². The summed E-state index contributed by atoms with van der Waals surface area (Å²) in [6.45, 7) is 12.6. The van der Waals surface area contributed by atoms with E-state index >= 15 is 0 Å². The number of hydrogen-bond donors (Lipinski definition) is 1. The van der Waals surface area contributed by atoms with E-state index in [0.29, 0.717) is 13.2 Å². The second kappa shape index (κ2) is 9.13. The van der Waals surface area contributed by atoms with Crippen LogP contribution < -0.4 is 14.8 Å². The lowest BCUT2D eigenvalue weighted by molar-refractivity contribution is -0.132. The van der Waals surface area contributed by atoms with Crippen LogP contribution in [-0.2, 0) is 16.0 Å². The molecule has 154 valence electrons. The SMILES string of the molecule is CCOc1cc2c(cc1/C=C/C(=O)N(CC)CC(=O)NC(C)(C)C)OC(C)C2. The van der Waals surface area contributed by atoms with Gasteiger partial charge in [0.05, 0.1) is 13.2 Å². The Morgan fingerprint density at radius 1 is 1.32 bits per heavy atom. The van der Waals surface area contributed by atoms with Gasteiger partial charge in [0.15, 0.2) is 0 Å². The largest absolute Gasteiger partial charge is 0.493 e. The Morgan fingerprint density at radius 2 is 2.04 bits per heavy atom. The number of ether oxygens (including phenoxy) is 2. The van der Waals surface area contributed by atoms with Crippen molar-refractivity contribution in [2.45, 2.75) is 59.6 Å². The number of benzene rings is 1. The average Bonchev–Trinajstić information content (AvgIpc) is 2.94. The van der Waals surface area contributed by atoms with Gasteiger partial charge in [-0.25, -0.2) is 0 Å². The highest BCUT2D eigenvalue weighted by Gasteiger charge is 2.22. The number of likely N-dealkylation sites (N-methyl/N-ethyl adjacent to an activating group) is 1. The summed E-state index contributed by atoms with van der Waals surface area (Å²) in [4.78, 5) is 26.2. The number of nitrogens with one attached hydrogen (secondary N) is 1. The lowest BCUT2D eigenvalue weighted by Gasteiger charge is -2.24. The molecule has 1 N–H and O–H groups in total. The minimum Gasteiger partial charge on any atom is -0.493 e. The number of rotatable bonds is 7. The summed E-state index contributed by atoms with van der Waals surface area (Å²) in [5.74, 6) is 1.17. The molecule has 0 aromatic heterocycles. The highest BCUT2D eigenvalue weighted by Crippen LogP contribution is 2.35. The van der Waals surface area contributed by atoms with Gasteiger partial charge in [0.2, 0.25) is 11.8 Å². The number of hydrogen-bond acceptors (Lipinski definition) is 4. The van der Waals surface area contributed by atoms with Crippen molar-refractivity contribution in [3.63, 3.8) is 0 Å². The van der Waals surface area contributed by atoms with Crippen molar-refractivity contribution in [3.05, 3.63) is 29.3 Å². The highest BCUT2D eigenvalue weighted by atomic mass is 16.5. The molecule has 1 aliphatic rings. The molecule has 2 rings (SSSR count). The van der Waals surface area contributed by atoms with Gasteiger partial charge in [-0.15, -0.1) is 0 Å². The normalized spacial score (nSPS) is 15.9. The van der Waals surface area contributed by atoms with E-state index in [1.165, 1.54) is 11.0 Å². The smallest absolute Gasteiger partial charge is 0.247 e. The summed E-state index contributed by atoms with van der Waals surface area (Å²) >= 11 is 0. The van der Waals surface area contributed by atoms with Crippen molar-refractivity contribution in [1.29, 1.82) is 0 Å². The van der Waals surface area contributed by atoms with E-state index in [9.17, 15) is 9.59 Å². The molecule has 1 aromatic carbocycles. The van der Waals surface area contributed by atoms with Gasteiger partial charge in [-0.2, -0.15) is 0 Å². The van der Waals surface area contributed by atoms with Crippen LogP contribution in [0.25, 0.3) is 6.08 Å². The van der Waals surface area contributed by atoms with Crippen LogP contribution in [0.3, 0.4) is 0 Å². The first-order chi connectivity index (χ1) is 13.1. The van der Waals surface area contributed by atoms with Crippen molar-refractivity contribution < 1.29 is 19.1 Å². The van der Waals surface area contributed by atoms with E-state index in [2.05, 4.69) is 5.32 Å². The molecular weight excluding hydrogens is 356 g/mol. The molecule has 0 saturated heterocycles. The van der Waals surface area contributed by atoms with E-state index < -0.39 is 0 Å². The minimum absolute atomic E-state index is 0.0279. The van der Waals surface area contributed by atoms with Crippen LogP contribution in [0.5, 0.6) is 11.5 Å². The zero-order valence-electron chi connectivity index (χ0n) is 17.8. The number of nitrogens with zero attached hydrogens (tertiary/aromatic N) is 1. The van der Waals surface area contributed by atoms with Gasteiger partial charge in [0, 0.05) is 35.7 Å². The Morgan fingerprint density at radius 3 is 2.64 bits per heavy atom. The molecule has 0 aliphatic carbocycles. The topological polar surface area (TPSA) is 67.9 Å². The number of amides is 2. The highest BCUT2D eigenvalue weighted by molar-refractivity contribution is 5.94. The van der Waals surface area contributed by atoms with Gasteiger partial charge in [-0.05, 0) is 59.8 Å². The van der Waals surface area contributed by atoms with Crippen molar-refractivity contribution in [2.24, 2.45) is 0 Å². The van der Waals surface area contributed by atoms with Gasteiger partial charge < -0.3 is 19.7 Å². The quantitative estimate of drug-likeness (QED) is 0.729. The van der Waals surface area contributed by atoms with Gasteiger partial charge in [0.1, 0.15) is 17.6 Å². The molecule has 1 aliphatic heterocycles. The van der Waals surface area contributed by atoms with Crippen molar-refractivity contribution in [2.75, 3.05) is 19.7 Å².